The van der Waals surface area contributed by atoms with Crippen LogP contribution in [0.25, 0.3) is 10.8 Å². The average Bonchev–Trinajstić information content (AvgIpc) is 2.93. The Labute approximate surface area is 139 Å². The van der Waals surface area contributed by atoms with Crippen molar-refractivity contribution in [1.82, 2.24) is 14.9 Å². The van der Waals surface area contributed by atoms with E-state index in [2.05, 4.69) is 15.3 Å². The van der Waals surface area contributed by atoms with Crippen LogP contribution in [-0.4, -0.2) is 28.2 Å². The average molecular weight is 352 g/mol. The number of fused-ring (bicyclic) bond motifs is 1. The van der Waals surface area contributed by atoms with Crippen LogP contribution in [0.1, 0.15) is 11.4 Å². The van der Waals surface area contributed by atoms with Gasteiger partial charge in [-0.2, -0.15) is 22.9 Å². The molecule has 5 nitrogen and oxygen atoms in total. The summed E-state index contributed by atoms with van der Waals surface area (Å²) in [7, 11) is 1.48. The van der Waals surface area contributed by atoms with E-state index in [1.54, 1.807) is 6.07 Å². The zero-order chi connectivity index (χ0) is 17.3. The molecule has 9 heteroatoms. The second kappa shape index (κ2) is 6.08. The van der Waals surface area contributed by atoms with Crippen molar-refractivity contribution in [1.29, 1.82) is 0 Å². The molecule has 1 aromatic heterocycles. The first-order valence-corrected chi connectivity index (χ1v) is 7.17. The molecule has 3 aromatic rings. The first-order chi connectivity index (χ1) is 11.4. The third-order valence-electron chi connectivity index (χ3n) is 3.36. The summed E-state index contributed by atoms with van der Waals surface area (Å²) in [4.78, 5) is 0. The Morgan fingerprint density at radius 1 is 1.25 bits per heavy atom. The maximum Gasteiger partial charge on any atom is 0.453 e. The molecule has 124 valence electrons. The van der Waals surface area contributed by atoms with Gasteiger partial charge in [-0.15, -0.1) is 5.10 Å². The van der Waals surface area contributed by atoms with Crippen LogP contribution >= 0.6 is 12.2 Å². The van der Waals surface area contributed by atoms with Crippen LogP contribution in [0.4, 0.5) is 13.2 Å². The standard InChI is InChI=1S/C15H11F3N4OS/c1-23-12-7-6-9-4-2-3-5-10(9)11(12)8-19-22-13(15(16,17)18)20-21-14(22)24/h2-8H,1H3,(H,21,24)/b19-8-. The van der Waals surface area contributed by atoms with E-state index in [-0.39, 0.29) is 4.77 Å². The smallest absolute Gasteiger partial charge is 0.453 e. The fourth-order valence-electron chi connectivity index (χ4n) is 2.28. The summed E-state index contributed by atoms with van der Waals surface area (Å²) in [5.74, 6) is -0.732. The lowest BCUT2D eigenvalue weighted by Gasteiger charge is -2.09. The Morgan fingerprint density at radius 3 is 2.71 bits per heavy atom. The third kappa shape index (κ3) is 2.90. The van der Waals surface area contributed by atoms with E-state index in [1.165, 1.54) is 13.3 Å². The number of nitrogens with zero attached hydrogens (tertiary/aromatic N) is 3. The van der Waals surface area contributed by atoms with Gasteiger partial charge in [0, 0.05) is 5.56 Å². The van der Waals surface area contributed by atoms with Gasteiger partial charge >= 0.3 is 6.18 Å². The van der Waals surface area contributed by atoms with Crippen molar-refractivity contribution in [2.24, 2.45) is 5.10 Å². The summed E-state index contributed by atoms with van der Waals surface area (Å²) in [6.07, 6.45) is -3.39. The minimum atomic E-state index is -4.67. The maximum atomic E-state index is 12.9. The number of aromatic amines is 1. The molecule has 1 N–H and O–H groups in total. The molecule has 0 saturated heterocycles. The Kier molecular flexibility index (Phi) is 4.10. The van der Waals surface area contributed by atoms with Crippen LogP contribution in [0.15, 0.2) is 41.5 Å². The van der Waals surface area contributed by atoms with Crippen molar-refractivity contribution in [2.75, 3.05) is 7.11 Å². The fraction of sp³-hybridized carbons (Fsp3) is 0.133. The Hall–Kier alpha value is -2.68. The molecule has 1 heterocycles. The van der Waals surface area contributed by atoms with Gasteiger partial charge in [0.2, 0.25) is 4.77 Å². The van der Waals surface area contributed by atoms with Crippen LogP contribution < -0.4 is 4.74 Å². The van der Waals surface area contributed by atoms with Crippen LogP contribution in [0.3, 0.4) is 0 Å². The summed E-state index contributed by atoms with van der Waals surface area (Å²) in [6, 6.07) is 11.0. The van der Waals surface area contributed by atoms with Gasteiger partial charge < -0.3 is 4.74 Å². The molecule has 0 fully saturated rings. The summed E-state index contributed by atoms with van der Waals surface area (Å²) in [6.45, 7) is 0. The highest BCUT2D eigenvalue weighted by Crippen LogP contribution is 2.29. The molecular formula is C15H11F3N4OS. The minimum absolute atomic E-state index is 0.252. The number of rotatable bonds is 3. The lowest BCUT2D eigenvalue weighted by molar-refractivity contribution is -0.147. The second-order valence-electron chi connectivity index (χ2n) is 4.81. The number of alkyl halides is 3. The Morgan fingerprint density at radius 2 is 2.00 bits per heavy atom. The fourth-order valence-corrected chi connectivity index (χ4v) is 2.46. The molecule has 0 atom stereocenters. The topological polar surface area (TPSA) is 55.2 Å². The number of H-pyrrole nitrogens is 1. The van der Waals surface area contributed by atoms with Gasteiger partial charge in [0.25, 0.3) is 5.82 Å². The van der Waals surface area contributed by atoms with Crippen molar-refractivity contribution >= 4 is 29.2 Å². The molecule has 0 aliphatic heterocycles. The molecule has 0 saturated carbocycles. The van der Waals surface area contributed by atoms with E-state index in [0.29, 0.717) is 16.0 Å². The van der Waals surface area contributed by atoms with Gasteiger partial charge in [0.15, 0.2) is 0 Å². The summed E-state index contributed by atoms with van der Waals surface area (Å²) in [5, 5.41) is 10.8. The van der Waals surface area contributed by atoms with Crippen molar-refractivity contribution in [3.8, 4) is 5.75 Å². The van der Waals surface area contributed by atoms with E-state index < -0.39 is 12.0 Å². The van der Waals surface area contributed by atoms with E-state index >= 15 is 0 Å². The van der Waals surface area contributed by atoms with Crippen molar-refractivity contribution in [3.63, 3.8) is 0 Å². The molecule has 24 heavy (non-hydrogen) atoms. The molecule has 2 aromatic carbocycles. The van der Waals surface area contributed by atoms with Gasteiger partial charge in [-0.3, -0.25) is 0 Å². The van der Waals surface area contributed by atoms with E-state index in [9.17, 15) is 13.2 Å². The van der Waals surface area contributed by atoms with Gasteiger partial charge in [-0.05, 0) is 29.1 Å². The van der Waals surface area contributed by atoms with E-state index in [1.807, 2.05) is 30.3 Å². The Bertz CT molecular complexity index is 975. The highest BCUT2D eigenvalue weighted by atomic mass is 32.1. The summed E-state index contributed by atoms with van der Waals surface area (Å²) in [5.41, 5.74) is 0.548. The number of hydrogen-bond acceptors (Lipinski definition) is 4. The summed E-state index contributed by atoms with van der Waals surface area (Å²) >= 11 is 4.81. The van der Waals surface area contributed by atoms with Crippen molar-refractivity contribution in [3.05, 3.63) is 52.6 Å². The largest absolute Gasteiger partial charge is 0.496 e. The molecular weight excluding hydrogens is 341 g/mol. The van der Waals surface area contributed by atoms with E-state index in [4.69, 9.17) is 17.0 Å². The first kappa shape index (κ1) is 16.2. The number of benzene rings is 2. The SMILES string of the molecule is COc1ccc2ccccc2c1/C=N\n1c(C(F)(F)F)n[nH]c1=S. The number of aromatic nitrogens is 3. The van der Waals surface area contributed by atoms with Crippen molar-refractivity contribution in [2.45, 2.75) is 6.18 Å². The van der Waals surface area contributed by atoms with Gasteiger partial charge in [0.05, 0.1) is 13.3 Å². The lowest BCUT2D eigenvalue weighted by Crippen LogP contribution is -2.12. The minimum Gasteiger partial charge on any atom is -0.496 e. The summed E-state index contributed by atoms with van der Waals surface area (Å²) < 4.78 is 44.4. The normalized spacial score (nSPS) is 12.2. The molecule has 0 bridgehead atoms. The zero-order valence-electron chi connectivity index (χ0n) is 12.3. The molecule has 0 aliphatic rings. The quantitative estimate of drug-likeness (QED) is 0.572. The predicted octanol–water partition coefficient (Wildman–Crippen LogP) is 4.00. The molecule has 0 amide bonds. The lowest BCUT2D eigenvalue weighted by atomic mass is 10.0. The molecule has 3 rings (SSSR count). The number of nitrogens with one attached hydrogen (secondary N) is 1. The second-order valence-corrected chi connectivity index (χ2v) is 5.20. The van der Waals surface area contributed by atoms with Crippen LogP contribution in [0, 0.1) is 4.77 Å². The maximum absolute atomic E-state index is 12.9. The number of methoxy groups -OCH3 is 1. The molecule has 0 spiro atoms. The van der Waals surface area contributed by atoms with Crippen LogP contribution in [-0.2, 0) is 6.18 Å². The molecule has 0 aliphatic carbocycles. The third-order valence-corrected chi connectivity index (χ3v) is 3.62. The van der Waals surface area contributed by atoms with Crippen LogP contribution in [0.2, 0.25) is 0 Å². The first-order valence-electron chi connectivity index (χ1n) is 6.76. The zero-order valence-corrected chi connectivity index (χ0v) is 13.1. The predicted molar refractivity (Wildman–Crippen MR) is 85.9 cm³/mol. The molecule has 0 radical (unpaired) electrons. The Balaban J connectivity index is 2.16. The number of hydrogen-bond donors (Lipinski definition) is 1. The highest BCUT2D eigenvalue weighted by Gasteiger charge is 2.37. The van der Waals surface area contributed by atoms with E-state index in [0.717, 1.165) is 10.8 Å². The highest BCUT2D eigenvalue weighted by molar-refractivity contribution is 7.71. The van der Waals surface area contributed by atoms with Gasteiger partial charge in [0.1, 0.15) is 5.75 Å². The number of ether oxygens (including phenoxy) is 1. The van der Waals surface area contributed by atoms with Gasteiger partial charge in [-0.1, -0.05) is 30.3 Å². The molecule has 0 unspecified atom stereocenters. The van der Waals surface area contributed by atoms with Crippen LogP contribution in [0.5, 0.6) is 5.75 Å². The number of halogens is 3. The van der Waals surface area contributed by atoms with Crippen molar-refractivity contribution < 1.29 is 17.9 Å². The van der Waals surface area contributed by atoms with Gasteiger partial charge in [-0.25, -0.2) is 5.10 Å². The monoisotopic (exact) mass is 352 g/mol.